The summed E-state index contributed by atoms with van der Waals surface area (Å²) in [4.78, 5) is 11.9. The molecule has 0 heterocycles. The van der Waals surface area contributed by atoms with Gasteiger partial charge in [0.2, 0.25) is 0 Å². The van der Waals surface area contributed by atoms with Crippen molar-refractivity contribution in [2.75, 3.05) is 13.1 Å². The molecule has 0 bridgehead atoms. The van der Waals surface area contributed by atoms with Crippen LogP contribution in [-0.4, -0.2) is 19.1 Å². The van der Waals surface area contributed by atoms with Gasteiger partial charge >= 0.3 is 6.03 Å². The van der Waals surface area contributed by atoms with E-state index in [1.54, 1.807) is 0 Å². The lowest BCUT2D eigenvalue weighted by atomic mass is 10.0. The van der Waals surface area contributed by atoms with Crippen molar-refractivity contribution in [2.24, 2.45) is 23.7 Å². The van der Waals surface area contributed by atoms with Gasteiger partial charge < -0.3 is 10.6 Å². The Labute approximate surface area is 132 Å². The van der Waals surface area contributed by atoms with Crippen LogP contribution in [0.25, 0.3) is 0 Å². The van der Waals surface area contributed by atoms with Crippen molar-refractivity contribution in [1.82, 2.24) is 10.6 Å². The van der Waals surface area contributed by atoms with Crippen LogP contribution in [0.4, 0.5) is 4.79 Å². The van der Waals surface area contributed by atoms with Crippen molar-refractivity contribution in [3.8, 4) is 0 Å². The van der Waals surface area contributed by atoms with E-state index in [4.69, 9.17) is 0 Å². The Kier molecular flexibility index (Phi) is 3.81. The number of rotatable bonds is 5. The zero-order chi connectivity index (χ0) is 14.9. The molecule has 0 saturated heterocycles. The van der Waals surface area contributed by atoms with E-state index >= 15 is 0 Å². The van der Waals surface area contributed by atoms with Crippen LogP contribution in [0.2, 0.25) is 0 Å². The Bertz CT molecular complexity index is 521. The molecule has 2 N–H and O–H groups in total. The topological polar surface area (TPSA) is 41.1 Å². The van der Waals surface area contributed by atoms with Crippen molar-refractivity contribution < 1.29 is 4.79 Å². The fourth-order valence-electron chi connectivity index (χ4n) is 4.79. The number of hydrogen-bond donors (Lipinski definition) is 2. The van der Waals surface area contributed by atoms with Crippen LogP contribution in [0, 0.1) is 23.7 Å². The predicted molar refractivity (Wildman–Crippen MR) is 87.7 cm³/mol. The number of urea groups is 1. The van der Waals surface area contributed by atoms with E-state index < -0.39 is 0 Å². The van der Waals surface area contributed by atoms with E-state index in [1.807, 2.05) is 0 Å². The highest BCUT2D eigenvalue weighted by atomic mass is 16.2. The lowest BCUT2D eigenvalue weighted by Gasteiger charge is -2.11. The Balaban J connectivity index is 1.12. The Hall–Kier alpha value is -1.51. The molecule has 3 aliphatic rings. The van der Waals surface area contributed by atoms with Gasteiger partial charge in [-0.2, -0.15) is 0 Å². The molecule has 0 aliphatic heterocycles. The maximum absolute atomic E-state index is 11.9. The van der Waals surface area contributed by atoms with Crippen LogP contribution in [0.3, 0.4) is 0 Å². The first-order valence-corrected chi connectivity index (χ1v) is 8.90. The number of carbonyl (C=O) groups is 1. The highest BCUT2D eigenvalue weighted by Gasteiger charge is 2.51. The maximum Gasteiger partial charge on any atom is 0.314 e. The van der Waals surface area contributed by atoms with Crippen molar-refractivity contribution in [2.45, 2.75) is 38.5 Å². The molecule has 3 heteroatoms. The fourth-order valence-corrected chi connectivity index (χ4v) is 4.79. The van der Waals surface area contributed by atoms with Gasteiger partial charge in [-0.25, -0.2) is 4.79 Å². The predicted octanol–water partition coefficient (Wildman–Crippen LogP) is 3.14. The van der Waals surface area contributed by atoms with Gasteiger partial charge in [-0.05, 0) is 66.9 Å². The van der Waals surface area contributed by atoms with Crippen molar-refractivity contribution in [3.63, 3.8) is 0 Å². The summed E-state index contributed by atoms with van der Waals surface area (Å²) >= 11 is 0. The smallest absolute Gasteiger partial charge is 0.314 e. The van der Waals surface area contributed by atoms with Crippen molar-refractivity contribution in [1.29, 1.82) is 0 Å². The first-order valence-electron chi connectivity index (χ1n) is 8.90. The minimum absolute atomic E-state index is 0.0282. The molecule has 1 aromatic carbocycles. The first kappa shape index (κ1) is 14.1. The van der Waals surface area contributed by atoms with Crippen LogP contribution in [0.1, 0.15) is 36.8 Å². The highest BCUT2D eigenvalue weighted by Crippen LogP contribution is 2.56. The number of carbonyl (C=O) groups excluding carboxylic acids is 1. The molecule has 22 heavy (non-hydrogen) atoms. The molecule has 3 aliphatic carbocycles. The normalized spacial score (nSPS) is 29.0. The van der Waals surface area contributed by atoms with Crippen LogP contribution in [0.15, 0.2) is 24.3 Å². The van der Waals surface area contributed by atoms with Gasteiger partial charge in [0.05, 0.1) is 0 Å². The Morgan fingerprint density at radius 2 is 1.73 bits per heavy atom. The molecule has 2 fully saturated rings. The molecule has 4 rings (SSSR count). The minimum Gasteiger partial charge on any atom is -0.338 e. The molecular formula is C19H26N2O. The molecule has 2 atom stereocenters. The molecule has 0 aromatic heterocycles. The zero-order valence-electron chi connectivity index (χ0n) is 13.2. The molecule has 118 valence electrons. The van der Waals surface area contributed by atoms with Crippen molar-refractivity contribution >= 4 is 6.03 Å². The quantitative estimate of drug-likeness (QED) is 0.861. The fraction of sp³-hybridized carbons (Fsp3) is 0.632. The second-order valence-corrected chi connectivity index (χ2v) is 7.39. The van der Waals surface area contributed by atoms with Crippen LogP contribution >= 0.6 is 0 Å². The lowest BCUT2D eigenvalue weighted by molar-refractivity contribution is 0.239. The summed E-state index contributed by atoms with van der Waals surface area (Å²) in [5, 5.41) is 6.10. The van der Waals surface area contributed by atoms with Gasteiger partial charge in [0.15, 0.2) is 0 Å². The van der Waals surface area contributed by atoms with Gasteiger partial charge in [-0.1, -0.05) is 30.7 Å². The first-order chi connectivity index (χ1) is 10.8. The molecule has 0 spiro atoms. The third kappa shape index (κ3) is 2.86. The summed E-state index contributed by atoms with van der Waals surface area (Å²) in [6.07, 6.45) is 7.61. The van der Waals surface area contributed by atoms with Gasteiger partial charge in [-0.15, -0.1) is 0 Å². The number of benzene rings is 1. The van der Waals surface area contributed by atoms with E-state index in [1.165, 1.54) is 43.2 Å². The molecule has 1 aromatic rings. The second-order valence-electron chi connectivity index (χ2n) is 7.39. The molecule has 0 radical (unpaired) electrons. The SMILES string of the molecule is O=C(NCCC1Cc2ccccc2C1)NCC1C2CCCC21. The Morgan fingerprint density at radius 3 is 2.41 bits per heavy atom. The average molecular weight is 298 g/mol. The minimum atomic E-state index is 0.0282. The third-order valence-corrected chi connectivity index (χ3v) is 6.06. The molecule has 2 saturated carbocycles. The van der Waals surface area contributed by atoms with E-state index in [9.17, 15) is 4.79 Å². The Morgan fingerprint density at radius 1 is 1.05 bits per heavy atom. The summed E-state index contributed by atoms with van der Waals surface area (Å²) in [7, 11) is 0. The summed E-state index contributed by atoms with van der Waals surface area (Å²) < 4.78 is 0. The lowest BCUT2D eigenvalue weighted by Crippen LogP contribution is -2.38. The molecule has 3 nitrogen and oxygen atoms in total. The number of amides is 2. The van der Waals surface area contributed by atoms with E-state index in [-0.39, 0.29) is 6.03 Å². The summed E-state index contributed by atoms with van der Waals surface area (Å²) in [5.41, 5.74) is 2.99. The second kappa shape index (κ2) is 5.94. The number of hydrogen-bond acceptors (Lipinski definition) is 1. The van der Waals surface area contributed by atoms with E-state index in [0.29, 0.717) is 5.92 Å². The molecule has 2 amide bonds. The maximum atomic E-state index is 11.9. The van der Waals surface area contributed by atoms with E-state index in [0.717, 1.165) is 37.3 Å². The van der Waals surface area contributed by atoms with Crippen LogP contribution < -0.4 is 10.6 Å². The summed E-state index contributed by atoms with van der Waals surface area (Å²) in [6.45, 7) is 1.68. The van der Waals surface area contributed by atoms with Gasteiger partial charge in [0, 0.05) is 13.1 Å². The highest BCUT2D eigenvalue weighted by molar-refractivity contribution is 5.73. The number of fused-ring (bicyclic) bond motifs is 2. The van der Waals surface area contributed by atoms with Crippen molar-refractivity contribution in [3.05, 3.63) is 35.4 Å². The number of nitrogens with one attached hydrogen (secondary N) is 2. The molecular weight excluding hydrogens is 272 g/mol. The average Bonchev–Trinajstić information content (AvgIpc) is 2.91. The molecule has 2 unspecified atom stereocenters. The van der Waals surface area contributed by atoms with Crippen LogP contribution in [0.5, 0.6) is 0 Å². The standard InChI is InChI=1S/C19H26N2O/c22-19(21-12-18-16-6-3-7-17(16)18)20-9-8-13-10-14-4-1-2-5-15(14)11-13/h1-2,4-5,13,16-18H,3,6-12H2,(H2,20,21,22). The van der Waals surface area contributed by atoms with Gasteiger partial charge in [0.1, 0.15) is 0 Å². The summed E-state index contributed by atoms with van der Waals surface area (Å²) in [6, 6.07) is 8.75. The largest absolute Gasteiger partial charge is 0.338 e. The third-order valence-electron chi connectivity index (χ3n) is 6.06. The van der Waals surface area contributed by atoms with Crippen LogP contribution in [-0.2, 0) is 12.8 Å². The van der Waals surface area contributed by atoms with Gasteiger partial charge in [0.25, 0.3) is 0 Å². The monoisotopic (exact) mass is 298 g/mol. The summed E-state index contributed by atoms with van der Waals surface area (Å²) in [5.74, 6) is 3.33. The zero-order valence-corrected chi connectivity index (χ0v) is 13.2. The van der Waals surface area contributed by atoms with Gasteiger partial charge in [-0.3, -0.25) is 0 Å². The van der Waals surface area contributed by atoms with E-state index in [2.05, 4.69) is 34.9 Å².